The van der Waals surface area contributed by atoms with Crippen LogP contribution in [-0.2, 0) is 22.3 Å². The predicted molar refractivity (Wildman–Crippen MR) is 93.6 cm³/mol. The summed E-state index contributed by atoms with van der Waals surface area (Å²) in [5.41, 5.74) is 2.92. The Kier molecular flexibility index (Phi) is 5.90. The van der Waals surface area contributed by atoms with Gasteiger partial charge < -0.3 is 5.32 Å². The fraction of sp³-hybridized carbons (Fsp3) is 0.294. The molecular formula is C17H20N4O2S. The molecule has 0 fully saturated rings. The molecule has 126 valence electrons. The SMILES string of the molecule is CC(C)NS(=O)(=O)Cc1ccc(CNc2cnccc2C#N)cc1. The fourth-order valence-electron chi connectivity index (χ4n) is 2.20. The van der Waals surface area contributed by atoms with Gasteiger partial charge in [-0.05, 0) is 31.0 Å². The molecule has 6 nitrogen and oxygen atoms in total. The molecule has 0 saturated carbocycles. The van der Waals surface area contributed by atoms with Crippen molar-refractivity contribution in [2.45, 2.75) is 32.2 Å². The molecule has 7 heteroatoms. The first kappa shape index (κ1) is 17.9. The summed E-state index contributed by atoms with van der Waals surface area (Å²) in [6.45, 7) is 4.11. The average molecular weight is 344 g/mol. The van der Waals surface area contributed by atoms with Crippen LogP contribution in [-0.4, -0.2) is 19.4 Å². The Hall–Kier alpha value is -2.43. The van der Waals surface area contributed by atoms with Crippen molar-refractivity contribution in [3.63, 3.8) is 0 Å². The van der Waals surface area contributed by atoms with Crippen molar-refractivity contribution in [3.8, 4) is 6.07 Å². The van der Waals surface area contributed by atoms with Crippen LogP contribution in [0, 0.1) is 11.3 Å². The van der Waals surface area contributed by atoms with Crippen LogP contribution in [0.5, 0.6) is 0 Å². The minimum absolute atomic E-state index is 0.0416. The van der Waals surface area contributed by atoms with Crippen LogP contribution >= 0.6 is 0 Å². The summed E-state index contributed by atoms with van der Waals surface area (Å²) in [5, 5.41) is 12.2. The monoisotopic (exact) mass is 344 g/mol. The second kappa shape index (κ2) is 7.90. The van der Waals surface area contributed by atoms with Crippen molar-refractivity contribution in [1.82, 2.24) is 9.71 Å². The van der Waals surface area contributed by atoms with E-state index in [4.69, 9.17) is 5.26 Å². The summed E-state index contributed by atoms with van der Waals surface area (Å²) in [7, 11) is -3.32. The van der Waals surface area contributed by atoms with Crippen LogP contribution in [0.1, 0.15) is 30.5 Å². The molecule has 0 amide bonds. The van der Waals surface area contributed by atoms with Crippen molar-refractivity contribution in [1.29, 1.82) is 5.26 Å². The number of benzene rings is 1. The molecule has 24 heavy (non-hydrogen) atoms. The number of hydrogen-bond acceptors (Lipinski definition) is 5. The lowest BCUT2D eigenvalue weighted by Gasteiger charge is -2.10. The molecule has 1 heterocycles. The average Bonchev–Trinajstić information content (AvgIpc) is 2.53. The second-order valence-corrected chi connectivity index (χ2v) is 7.49. The van der Waals surface area contributed by atoms with E-state index < -0.39 is 10.0 Å². The first-order valence-corrected chi connectivity index (χ1v) is 9.20. The lowest BCUT2D eigenvalue weighted by atomic mass is 10.1. The maximum atomic E-state index is 11.9. The minimum atomic E-state index is -3.32. The standard InChI is InChI=1S/C17H20N4O2S/c1-13(2)21-24(22,23)12-15-5-3-14(4-6-15)10-20-17-11-19-8-7-16(17)9-18/h3-8,11,13,20-21H,10,12H2,1-2H3. The highest BCUT2D eigenvalue weighted by Gasteiger charge is 2.12. The maximum Gasteiger partial charge on any atom is 0.216 e. The molecule has 2 aromatic rings. The zero-order valence-electron chi connectivity index (χ0n) is 13.7. The molecule has 0 unspecified atom stereocenters. The molecule has 2 N–H and O–H groups in total. The van der Waals surface area contributed by atoms with Gasteiger partial charge in [0.05, 0.1) is 23.2 Å². The quantitative estimate of drug-likeness (QED) is 0.804. The number of anilines is 1. The van der Waals surface area contributed by atoms with Crippen LogP contribution in [0.15, 0.2) is 42.7 Å². The van der Waals surface area contributed by atoms with E-state index in [-0.39, 0.29) is 11.8 Å². The van der Waals surface area contributed by atoms with E-state index in [0.29, 0.717) is 17.8 Å². The summed E-state index contributed by atoms with van der Waals surface area (Å²) in [6.07, 6.45) is 3.18. The minimum Gasteiger partial charge on any atom is -0.379 e. The summed E-state index contributed by atoms with van der Waals surface area (Å²) in [6, 6.07) is 11.0. The van der Waals surface area contributed by atoms with Crippen molar-refractivity contribution in [3.05, 3.63) is 59.4 Å². The normalized spacial score (nSPS) is 11.2. The Morgan fingerprint density at radius 2 is 1.83 bits per heavy atom. The summed E-state index contributed by atoms with van der Waals surface area (Å²) in [4.78, 5) is 4.00. The van der Waals surface area contributed by atoms with Crippen LogP contribution < -0.4 is 10.0 Å². The van der Waals surface area contributed by atoms with E-state index >= 15 is 0 Å². The number of nitriles is 1. The summed E-state index contributed by atoms with van der Waals surface area (Å²) in [5.74, 6) is -0.0416. The van der Waals surface area contributed by atoms with Crippen molar-refractivity contribution in [2.24, 2.45) is 0 Å². The number of hydrogen-bond donors (Lipinski definition) is 2. The maximum absolute atomic E-state index is 11.9. The molecule has 0 aliphatic heterocycles. The summed E-state index contributed by atoms with van der Waals surface area (Å²) >= 11 is 0. The Bertz CT molecular complexity index is 824. The highest BCUT2D eigenvalue weighted by atomic mass is 32.2. The van der Waals surface area contributed by atoms with E-state index in [0.717, 1.165) is 11.1 Å². The number of nitrogens with zero attached hydrogens (tertiary/aromatic N) is 2. The molecule has 0 aliphatic carbocycles. The van der Waals surface area contributed by atoms with Crippen LogP contribution in [0.4, 0.5) is 5.69 Å². The lowest BCUT2D eigenvalue weighted by molar-refractivity contribution is 0.569. The van der Waals surface area contributed by atoms with E-state index in [1.807, 2.05) is 12.1 Å². The van der Waals surface area contributed by atoms with Crippen molar-refractivity contribution in [2.75, 3.05) is 5.32 Å². The van der Waals surface area contributed by atoms with Gasteiger partial charge in [0, 0.05) is 18.8 Å². The third kappa shape index (κ3) is 5.33. The van der Waals surface area contributed by atoms with Gasteiger partial charge in [-0.3, -0.25) is 4.98 Å². The van der Waals surface area contributed by atoms with Gasteiger partial charge in [0.1, 0.15) is 6.07 Å². The molecule has 0 spiro atoms. The Morgan fingerprint density at radius 1 is 1.17 bits per heavy atom. The summed E-state index contributed by atoms with van der Waals surface area (Å²) < 4.78 is 26.4. The molecule has 0 bridgehead atoms. The van der Waals surface area contributed by atoms with Crippen molar-refractivity contribution < 1.29 is 8.42 Å². The van der Waals surface area contributed by atoms with Crippen LogP contribution in [0.25, 0.3) is 0 Å². The number of nitrogens with one attached hydrogen (secondary N) is 2. The van der Waals surface area contributed by atoms with E-state index in [9.17, 15) is 8.42 Å². The van der Waals surface area contributed by atoms with Gasteiger partial charge in [-0.25, -0.2) is 13.1 Å². The number of rotatable bonds is 7. The lowest BCUT2D eigenvalue weighted by Crippen LogP contribution is -2.31. The third-order valence-electron chi connectivity index (χ3n) is 3.22. The van der Waals surface area contributed by atoms with Crippen molar-refractivity contribution >= 4 is 15.7 Å². The largest absolute Gasteiger partial charge is 0.379 e. The molecule has 0 radical (unpaired) electrons. The zero-order valence-corrected chi connectivity index (χ0v) is 14.5. The van der Waals surface area contributed by atoms with Crippen LogP contribution in [0.2, 0.25) is 0 Å². The molecule has 2 rings (SSSR count). The van der Waals surface area contributed by atoms with Gasteiger partial charge >= 0.3 is 0 Å². The van der Waals surface area contributed by atoms with E-state index in [1.54, 1.807) is 44.4 Å². The zero-order chi connectivity index (χ0) is 17.6. The van der Waals surface area contributed by atoms with Crippen LogP contribution in [0.3, 0.4) is 0 Å². The smallest absolute Gasteiger partial charge is 0.216 e. The topological polar surface area (TPSA) is 94.9 Å². The molecule has 0 saturated heterocycles. The van der Waals surface area contributed by atoms with Gasteiger partial charge in [-0.2, -0.15) is 5.26 Å². The molecular weight excluding hydrogens is 324 g/mol. The van der Waals surface area contributed by atoms with E-state index in [1.165, 1.54) is 0 Å². The van der Waals surface area contributed by atoms with Gasteiger partial charge in [-0.15, -0.1) is 0 Å². The van der Waals surface area contributed by atoms with E-state index in [2.05, 4.69) is 21.1 Å². The predicted octanol–water partition coefficient (Wildman–Crippen LogP) is 2.39. The highest BCUT2D eigenvalue weighted by Crippen LogP contribution is 2.14. The number of aromatic nitrogens is 1. The molecule has 0 atom stereocenters. The number of pyridine rings is 1. The molecule has 0 aliphatic rings. The molecule has 1 aromatic heterocycles. The van der Waals surface area contributed by atoms with Gasteiger partial charge in [-0.1, -0.05) is 24.3 Å². The Labute approximate surface area is 142 Å². The first-order chi connectivity index (χ1) is 11.4. The Morgan fingerprint density at radius 3 is 2.46 bits per heavy atom. The third-order valence-corrected chi connectivity index (χ3v) is 4.76. The van der Waals surface area contributed by atoms with Gasteiger partial charge in [0.25, 0.3) is 0 Å². The second-order valence-electron chi connectivity index (χ2n) is 5.73. The Balaban J connectivity index is 1.99. The van der Waals surface area contributed by atoms with Gasteiger partial charge in [0.2, 0.25) is 10.0 Å². The first-order valence-electron chi connectivity index (χ1n) is 7.55. The van der Waals surface area contributed by atoms with Gasteiger partial charge in [0.15, 0.2) is 0 Å². The fourth-order valence-corrected chi connectivity index (χ4v) is 3.64. The number of sulfonamides is 1. The highest BCUT2D eigenvalue weighted by molar-refractivity contribution is 7.88. The molecule has 1 aromatic carbocycles.